The van der Waals surface area contributed by atoms with Gasteiger partial charge in [0.1, 0.15) is 5.75 Å². The molecule has 0 amide bonds. The lowest BCUT2D eigenvalue weighted by Crippen LogP contribution is -2.28. The van der Waals surface area contributed by atoms with E-state index < -0.39 is 6.29 Å². The average Bonchev–Trinajstić information content (AvgIpc) is 2.47. The number of Topliss-reactive ketones (excluding diaryl/α,β-unsaturated/α-hetero) is 1. The summed E-state index contributed by atoms with van der Waals surface area (Å²) in [4.78, 5) is 12.3. The van der Waals surface area contributed by atoms with E-state index in [1.165, 1.54) is 0 Å². The Hall–Kier alpha value is -1.39. The van der Waals surface area contributed by atoms with Crippen LogP contribution in [0.3, 0.4) is 0 Å². The third-order valence-electron chi connectivity index (χ3n) is 2.54. The van der Waals surface area contributed by atoms with E-state index in [0.29, 0.717) is 18.8 Å². The first-order valence-corrected chi connectivity index (χ1v) is 6.64. The smallest absolute Gasteiger partial charge is 0.222 e. The van der Waals surface area contributed by atoms with E-state index in [4.69, 9.17) is 14.2 Å². The van der Waals surface area contributed by atoms with Gasteiger partial charge in [0.25, 0.3) is 0 Å². The van der Waals surface area contributed by atoms with E-state index in [0.717, 1.165) is 18.6 Å². The first-order valence-electron chi connectivity index (χ1n) is 6.64. The van der Waals surface area contributed by atoms with Gasteiger partial charge in [-0.05, 0) is 37.1 Å². The first kappa shape index (κ1) is 15.7. The maximum absolute atomic E-state index is 12.3. The van der Waals surface area contributed by atoms with Crippen molar-refractivity contribution in [1.82, 2.24) is 0 Å². The standard InChI is InChI=1S/C15H22O4/c1-4-10-18-15(19-11-5-2)14(16)12-6-8-13(17-3)9-7-12/h6-9,15H,4-5,10-11H2,1-3H3. The highest BCUT2D eigenvalue weighted by Crippen LogP contribution is 2.14. The van der Waals surface area contributed by atoms with Gasteiger partial charge < -0.3 is 14.2 Å². The SMILES string of the molecule is CCCOC(OCCC)C(=O)c1ccc(OC)cc1. The van der Waals surface area contributed by atoms with Crippen LogP contribution in [-0.4, -0.2) is 32.4 Å². The summed E-state index contributed by atoms with van der Waals surface area (Å²) < 4.78 is 16.0. The molecule has 0 N–H and O–H groups in total. The number of methoxy groups -OCH3 is 1. The summed E-state index contributed by atoms with van der Waals surface area (Å²) in [6, 6.07) is 6.95. The lowest BCUT2D eigenvalue weighted by atomic mass is 10.1. The Morgan fingerprint density at radius 2 is 1.58 bits per heavy atom. The zero-order valence-electron chi connectivity index (χ0n) is 11.8. The highest BCUT2D eigenvalue weighted by atomic mass is 16.7. The van der Waals surface area contributed by atoms with Gasteiger partial charge in [0.15, 0.2) is 0 Å². The lowest BCUT2D eigenvalue weighted by molar-refractivity contribution is -0.114. The molecule has 0 aliphatic carbocycles. The molecule has 0 spiro atoms. The number of ether oxygens (including phenoxy) is 3. The van der Waals surface area contributed by atoms with Crippen molar-refractivity contribution in [2.24, 2.45) is 0 Å². The van der Waals surface area contributed by atoms with Gasteiger partial charge >= 0.3 is 0 Å². The normalized spacial score (nSPS) is 10.7. The monoisotopic (exact) mass is 266 g/mol. The fourth-order valence-corrected chi connectivity index (χ4v) is 1.54. The van der Waals surface area contributed by atoms with Crippen LogP contribution in [0.15, 0.2) is 24.3 Å². The van der Waals surface area contributed by atoms with Crippen molar-refractivity contribution in [3.63, 3.8) is 0 Å². The third kappa shape index (κ3) is 5.01. The van der Waals surface area contributed by atoms with E-state index in [1.54, 1.807) is 31.4 Å². The molecule has 0 atom stereocenters. The Morgan fingerprint density at radius 3 is 2.00 bits per heavy atom. The molecular formula is C15H22O4. The zero-order chi connectivity index (χ0) is 14.1. The van der Waals surface area contributed by atoms with Gasteiger partial charge in [0.05, 0.1) is 7.11 Å². The number of benzene rings is 1. The second-order valence-corrected chi connectivity index (χ2v) is 4.17. The summed E-state index contributed by atoms with van der Waals surface area (Å²) in [7, 11) is 1.59. The summed E-state index contributed by atoms with van der Waals surface area (Å²) in [5.74, 6) is 0.571. The minimum atomic E-state index is -0.812. The molecule has 0 aromatic heterocycles. The Bertz CT molecular complexity index is 364. The molecule has 1 aromatic rings. The van der Waals surface area contributed by atoms with Gasteiger partial charge in [-0.15, -0.1) is 0 Å². The van der Waals surface area contributed by atoms with E-state index >= 15 is 0 Å². The van der Waals surface area contributed by atoms with Gasteiger partial charge in [-0.2, -0.15) is 0 Å². The zero-order valence-corrected chi connectivity index (χ0v) is 11.8. The number of carbonyl (C=O) groups is 1. The van der Waals surface area contributed by atoms with Crippen LogP contribution in [0, 0.1) is 0 Å². The molecule has 0 aliphatic rings. The van der Waals surface area contributed by atoms with Gasteiger partial charge in [0, 0.05) is 18.8 Å². The number of hydrogen-bond donors (Lipinski definition) is 0. The maximum atomic E-state index is 12.3. The molecule has 4 heteroatoms. The second-order valence-electron chi connectivity index (χ2n) is 4.17. The number of carbonyl (C=O) groups excluding carboxylic acids is 1. The molecule has 0 saturated heterocycles. The molecule has 0 bridgehead atoms. The number of rotatable bonds is 9. The summed E-state index contributed by atoms with van der Waals surface area (Å²) >= 11 is 0. The van der Waals surface area contributed by atoms with Crippen LogP contribution in [-0.2, 0) is 9.47 Å². The summed E-state index contributed by atoms with van der Waals surface area (Å²) in [5.41, 5.74) is 0.568. The fraction of sp³-hybridized carbons (Fsp3) is 0.533. The van der Waals surface area contributed by atoms with E-state index in [2.05, 4.69) is 0 Å². The molecule has 0 aliphatic heterocycles. The van der Waals surface area contributed by atoms with E-state index in [1.807, 2.05) is 13.8 Å². The van der Waals surface area contributed by atoms with Gasteiger partial charge in [0.2, 0.25) is 12.1 Å². The van der Waals surface area contributed by atoms with Crippen molar-refractivity contribution in [2.45, 2.75) is 33.0 Å². The van der Waals surface area contributed by atoms with Crippen molar-refractivity contribution in [1.29, 1.82) is 0 Å². The van der Waals surface area contributed by atoms with Crippen molar-refractivity contribution in [3.8, 4) is 5.75 Å². The molecule has 106 valence electrons. The van der Waals surface area contributed by atoms with Crippen LogP contribution in [0.2, 0.25) is 0 Å². The Kier molecular flexibility index (Phi) is 7.15. The highest BCUT2D eigenvalue weighted by Gasteiger charge is 2.21. The first-order chi connectivity index (χ1) is 9.22. The highest BCUT2D eigenvalue weighted by molar-refractivity contribution is 5.98. The maximum Gasteiger partial charge on any atom is 0.222 e. The molecule has 0 unspecified atom stereocenters. The van der Waals surface area contributed by atoms with Gasteiger partial charge in [-0.25, -0.2) is 0 Å². The van der Waals surface area contributed by atoms with Gasteiger partial charge in [-0.3, -0.25) is 4.79 Å². The second kappa shape index (κ2) is 8.67. The minimum absolute atomic E-state index is 0.149. The quantitative estimate of drug-likeness (QED) is 0.509. The van der Waals surface area contributed by atoms with Crippen molar-refractivity contribution < 1.29 is 19.0 Å². The molecule has 0 saturated carbocycles. The Balaban J connectivity index is 2.72. The molecule has 4 nitrogen and oxygen atoms in total. The van der Waals surface area contributed by atoms with Crippen molar-refractivity contribution >= 4 is 5.78 Å². The fourth-order valence-electron chi connectivity index (χ4n) is 1.54. The van der Waals surface area contributed by atoms with Crippen LogP contribution in [0.25, 0.3) is 0 Å². The van der Waals surface area contributed by atoms with Crippen LogP contribution < -0.4 is 4.74 Å². The predicted molar refractivity (Wildman–Crippen MR) is 73.6 cm³/mol. The van der Waals surface area contributed by atoms with E-state index in [-0.39, 0.29) is 5.78 Å². The van der Waals surface area contributed by atoms with E-state index in [9.17, 15) is 4.79 Å². The van der Waals surface area contributed by atoms with Crippen LogP contribution in [0.5, 0.6) is 5.75 Å². The molecule has 0 heterocycles. The Labute approximate surface area is 114 Å². The summed E-state index contributed by atoms with van der Waals surface area (Å²) in [6.45, 7) is 5.01. The topological polar surface area (TPSA) is 44.8 Å². The van der Waals surface area contributed by atoms with Crippen molar-refractivity contribution in [3.05, 3.63) is 29.8 Å². The molecular weight excluding hydrogens is 244 g/mol. The van der Waals surface area contributed by atoms with Crippen molar-refractivity contribution in [2.75, 3.05) is 20.3 Å². The molecule has 1 rings (SSSR count). The summed E-state index contributed by atoms with van der Waals surface area (Å²) in [6.07, 6.45) is 0.886. The molecule has 0 fully saturated rings. The van der Waals surface area contributed by atoms with Crippen LogP contribution in [0.4, 0.5) is 0 Å². The lowest BCUT2D eigenvalue weighted by Gasteiger charge is -2.17. The molecule has 0 radical (unpaired) electrons. The molecule has 1 aromatic carbocycles. The van der Waals surface area contributed by atoms with Crippen LogP contribution >= 0.6 is 0 Å². The van der Waals surface area contributed by atoms with Gasteiger partial charge in [-0.1, -0.05) is 13.8 Å². The third-order valence-corrected chi connectivity index (χ3v) is 2.54. The largest absolute Gasteiger partial charge is 0.497 e. The Morgan fingerprint density at radius 1 is 1.05 bits per heavy atom. The minimum Gasteiger partial charge on any atom is -0.497 e. The summed E-state index contributed by atoms with van der Waals surface area (Å²) in [5, 5.41) is 0. The number of ketones is 1. The average molecular weight is 266 g/mol. The number of hydrogen-bond acceptors (Lipinski definition) is 4. The molecule has 19 heavy (non-hydrogen) atoms. The van der Waals surface area contributed by atoms with Crippen LogP contribution in [0.1, 0.15) is 37.0 Å². The predicted octanol–water partition coefficient (Wildman–Crippen LogP) is 3.06.